The quantitative estimate of drug-likeness (QED) is 0.837. The molecule has 1 unspecified atom stereocenters. The maximum atomic E-state index is 8.92. The fourth-order valence-electron chi connectivity index (χ4n) is 1.31. The van der Waals surface area contributed by atoms with Crippen LogP contribution in [0.3, 0.4) is 0 Å². The van der Waals surface area contributed by atoms with Gasteiger partial charge in [0.05, 0.1) is 17.1 Å². The van der Waals surface area contributed by atoms with Gasteiger partial charge in [-0.25, -0.2) is 0 Å². The Bertz CT molecular complexity index is 356. The molecule has 0 aromatic heterocycles. The van der Waals surface area contributed by atoms with Crippen LogP contribution in [0.1, 0.15) is 11.6 Å². The summed E-state index contributed by atoms with van der Waals surface area (Å²) in [6, 6.07) is 3.23. The van der Waals surface area contributed by atoms with Gasteiger partial charge in [0.2, 0.25) is 6.79 Å². The van der Waals surface area contributed by atoms with Crippen LogP contribution in [0.15, 0.2) is 16.6 Å². The Hall–Kier alpha value is -0.780. The van der Waals surface area contributed by atoms with E-state index in [1.54, 1.807) is 6.07 Å². The number of halogens is 1. The number of fused-ring (bicyclic) bond motifs is 1. The molecule has 0 saturated carbocycles. The molecule has 0 spiro atoms. The lowest BCUT2D eigenvalue weighted by atomic mass is 10.1. The van der Waals surface area contributed by atoms with E-state index in [4.69, 9.17) is 20.3 Å². The summed E-state index contributed by atoms with van der Waals surface area (Å²) in [7, 11) is 0. The van der Waals surface area contributed by atoms with Gasteiger partial charge in [-0.2, -0.15) is 0 Å². The van der Waals surface area contributed by atoms with Gasteiger partial charge < -0.3 is 20.3 Å². The molecule has 5 heteroatoms. The zero-order valence-corrected chi connectivity index (χ0v) is 8.95. The summed E-state index contributed by atoms with van der Waals surface area (Å²) in [5.41, 5.74) is 6.51. The smallest absolute Gasteiger partial charge is 0.231 e. The number of nitrogens with two attached hydrogens (primary N) is 1. The highest BCUT2D eigenvalue weighted by Crippen LogP contribution is 2.40. The van der Waals surface area contributed by atoms with Crippen LogP contribution in [0, 0.1) is 0 Å². The predicted molar refractivity (Wildman–Crippen MR) is 54.3 cm³/mol. The Kier molecular flexibility index (Phi) is 2.62. The molecule has 1 aliphatic heterocycles. The largest absolute Gasteiger partial charge is 0.454 e. The van der Waals surface area contributed by atoms with Crippen LogP contribution in [-0.4, -0.2) is 18.5 Å². The molecule has 0 saturated heterocycles. The second kappa shape index (κ2) is 3.76. The third-order valence-corrected chi connectivity index (χ3v) is 2.66. The molecule has 1 heterocycles. The van der Waals surface area contributed by atoms with Crippen molar-refractivity contribution in [3.05, 3.63) is 22.2 Å². The minimum absolute atomic E-state index is 0.0912. The van der Waals surface area contributed by atoms with Crippen LogP contribution in [0.25, 0.3) is 0 Å². The summed E-state index contributed by atoms with van der Waals surface area (Å²) in [6.45, 7) is 0.137. The lowest BCUT2D eigenvalue weighted by molar-refractivity contribution is 0.173. The van der Waals surface area contributed by atoms with Crippen molar-refractivity contribution < 1.29 is 14.6 Å². The molecule has 14 heavy (non-hydrogen) atoms. The lowest BCUT2D eigenvalue weighted by Gasteiger charge is -2.10. The van der Waals surface area contributed by atoms with Crippen LogP contribution in [0.5, 0.6) is 11.5 Å². The van der Waals surface area contributed by atoms with Crippen molar-refractivity contribution in [3.63, 3.8) is 0 Å². The van der Waals surface area contributed by atoms with E-state index in [2.05, 4.69) is 15.9 Å². The normalized spacial score (nSPS) is 15.6. The molecular formula is C9H10BrNO3. The van der Waals surface area contributed by atoms with Gasteiger partial charge >= 0.3 is 0 Å². The molecule has 1 atom stereocenters. The van der Waals surface area contributed by atoms with Crippen LogP contribution >= 0.6 is 15.9 Å². The third-order valence-electron chi connectivity index (χ3n) is 2.07. The number of ether oxygens (including phenoxy) is 2. The van der Waals surface area contributed by atoms with E-state index in [0.717, 1.165) is 10.0 Å². The Labute approximate surface area is 89.7 Å². The van der Waals surface area contributed by atoms with E-state index in [1.165, 1.54) is 0 Å². The first-order chi connectivity index (χ1) is 6.72. The van der Waals surface area contributed by atoms with Crippen molar-refractivity contribution in [3.8, 4) is 11.5 Å². The Morgan fingerprint density at radius 3 is 3.00 bits per heavy atom. The van der Waals surface area contributed by atoms with Gasteiger partial charge in [-0.15, -0.1) is 0 Å². The predicted octanol–water partition coefficient (Wildman–Crippen LogP) is 1.17. The minimum atomic E-state index is -0.388. The van der Waals surface area contributed by atoms with Crippen LogP contribution in [0.2, 0.25) is 0 Å². The Morgan fingerprint density at radius 1 is 1.50 bits per heavy atom. The summed E-state index contributed by atoms with van der Waals surface area (Å²) in [4.78, 5) is 0. The number of hydrogen-bond donors (Lipinski definition) is 2. The summed E-state index contributed by atoms with van der Waals surface area (Å²) >= 11 is 3.35. The van der Waals surface area contributed by atoms with Gasteiger partial charge in [-0.3, -0.25) is 0 Å². The topological polar surface area (TPSA) is 64.7 Å². The van der Waals surface area contributed by atoms with Crippen molar-refractivity contribution in [2.45, 2.75) is 6.04 Å². The van der Waals surface area contributed by atoms with Gasteiger partial charge in [0.1, 0.15) is 0 Å². The number of hydrogen-bond acceptors (Lipinski definition) is 4. The average molecular weight is 260 g/mol. The summed E-state index contributed by atoms with van der Waals surface area (Å²) in [5, 5.41) is 8.92. The van der Waals surface area contributed by atoms with Gasteiger partial charge in [-0.1, -0.05) is 0 Å². The molecule has 0 radical (unpaired) electrons. The number of aliphatic hydroxyl groups is 1. The fraction of sp³-hybridized carbons (Fsp3) is 0.333. The summed E-state index contributed by atoms with van der Waals surface area (Å²) in [6.07, 6.45) is 0. The third kappa shape index (κ3) is 1.58. The first-order valence-electron chi connectivity index (χ1n) is 4.18. The van der Waals surface area contributed by atoms with Crippen LogP contribution in [-0.2, 0) is 0 Å². The highest BCUT2D eigenvalue weighted by Gasteiger charge is 2.19. The van der Waals surface area contributed by atoms with Gasteiger partial charge in [0.25, 0.3) is 0 Å². The van der Waals surface area contributed by atoms with Crippen LogP contribution < -0.4 is 15.2 Å². The molecule has 0 aliphatic carbocycles. The number of aliphatic hydroxyl groups excluding tert-OH is 1. The molecule has 76 valence electrons. The maximum Gasteiger partial charge on any atom is 0.231 e. The van der Waals surface area contributed by atoms with Crippen molar-refractivity contribution >= 4 is 15.9 Å². The highest BCUT2D eigenvalue weighted by molar-refractivity contribution is 9.10. The van der Waals surface area contributed by atoms with Crippen molar-refractivity contribution in [1.29, 1.82) is 0 Å². The van der Waals surface area contributed by atoms with E-state index in [1.807, 2.05) is 6.07 Å². The molecule has 1 aromatic carbocycles. The zero-order valence-electron chi connectivity index (χ0n) is 7.37. The van der Waals surface area contributed by atoms with Gasteiger partial charge in [0.15, 0.2) is 11.5 Å². The maximum absolute atomic E-state index is 8.92. The second-order valence-electron chi connectivity index (χ2n) is 3.03. The molecule has 2 rings (SSSR count). The van der Waals surface area contributed by atoms with E-state index in [0.29, 0.717) is 11.5 Å². The minimum Gasteiger partial charge on any atom is -0.454 e. The van der Waals surface area contributed by atoms with Gasteiger partial charge in [0, 0.05) is 0 Å². The summed E-state index contributed by atoms with van der Waals surface area (Å²) < 4.78 is 11.2. The Balaban J connectivity index is 2.41. The van der Waals surface area contributed by atoms with Crippen molar-refractivity contribution in [2.75, 3.05) is 13.4 Å². The zero-order chi connectivity index (χ0) is 10.1. The Morgan fingerprint density at radius 2 is 2.29 bits per heavy atom. The molecule has 0 fully saturated rings. The molecule has 0 amide bonds. The monoisotopic (exact) mass is 259 g/mol. The molecular weight excluding hydrogens is 250 g/mol. The van der Waals surface area contributed by atoms with Crippen molar-refractivity contribution in [1.82, 2.24) is 0 Å². The highest BCUT2D eigenvalue weighted by atomic mass is 79.9. The molecule has 3 N–H and O–H groups in total. The van der Waals surface area contributed by atoms with Crippen LogP contribution in [0.4, 0.5) is 0 Å². The molecule has 1 aliphatic rings. The molecule has 0 bridgehead atoms. The average Bonchev–Trinajstić information content (AvgIpc) is 2.64. The van der Waals surface area contributed by atoms with E-state index >= 15 is 0 Å². The lowest BCUT2D eigenvalue weighted by Crippen LogP contribution is -2.14. The first-order valence-corrected chi connectivity index (χ1v) is 4.97. The molecule has 1 aromatic rings. The first kappa shape index (κ1) is 9.76. The van der Waals surface area contributed by atoms with E-state index < -0.39 is 0 Å². The second-order valence-corrected chi connectivity index (χ2v) is 3.88. The number of benzene rings is 1. The van der Waals surface area contributed by atoms with E-state index in [-0.39, 0.29) is 19.4 Å². The van der Waals surface area contributed by atoms with E-state index in [9.17, 15) is 0 Å². The molecule has 4 nitrogen and oxygen atoms in total. The van der Waals surface area contributed by atoms with Gasteiger partial charge in [-0.05, 0) is 33.6 Å². The number of rotatable bonds is 2. The fourth-order valence-corrected chi connectivity index (χ4v) is 1.88. The van der Waals surface area contributed by atoms with Crippen molar-refractivity contribution in [2.24, 2.45) is 5.73 Å². The SMILES string of the molecule is NC(CO)c1cc(Br)c2c(c1)OCO2. The summed E-state index contributed by atoms with van der Waals surface area (Å²) in [5.74, 6) is 1.36. The standard InChI is InChI=1S/C9H10BrNO3/c10-6-1-5(7(11)3-12)2-8-9(6)14-4-13-8/h1-2,7,12H,3-4,11H2.